The molecule has 1 aliphatic rings. The van der Waals surface area contributed by atoms with Crippen molar-refractivity contribution in [1.29, 1.82) is 0 Å². The number of methoxy groups -OCH3 is 1. The van der Waals surface area contributed by atoms with Gasteiger partial charge in [-0.2, -0.15) is 0 Å². The van der Waals surface area contributed by atoms with Gasteiger partial charge < -0.3 is 9.47 Å². The van der Waals surface area contributed by atoms with Gasteiger partial charge in [-0.15, -0.1) is 0 Å². The second kappa shape index (κ2) is 6.97. The number of likely N-dealkylation sites (tertiary alicyclic amines) is 1. The molecule has 6 nitrogen and oxygen atoms in total. The molecule has 1 aromatic rings. The average Bonchev–Trinajstić information content (AvgIpc) is 2.49. The van der Waals surface area contributed by atoms with Crippen molar-refractivity contribution in [3.63, 3.8) is 0 Å². The largest absolute Gasteiger partial charge is 0.493 e. The molecule has 24 heavy (non-hydrogen) atoms. The zero-order chi connectivity index (χ0) is 18.0. The molecule has 1 aliphatic heterocycles. The van der Waals surface area contributed by atoms with Gasteiger partial charge in [-0.25, -0.2) is 0 Å². The summed E-state index contributed by atoms with van der Waals surface area (Å²) in [5.41, 5.74) is 0.250. The third-order valence-electron chi connectivity index (χ3n) is 4.97. The Bertz CT molecular complexity index is 583. The molecule has 1 saturated heterocycles. The van der Waals surface area contributed by atoms with Gasteiger partial charge >= 0.3 is 0 Å². The van der Waals surface area contributed by atoms with E-state index in [1.165, 1.54) is 25.7 Å². The van der Waals surface area contributed by atoms with Gasteiger partial charge in [0.15, 0.2) is 11.5 Å². The van der Waals surface area contributed by atoms with Gasteiger partial charge in [-0.3, -0.25) is 15.0 Å². The van der Waals surface area contributed by atoms with E-state index < -0.39 is 4.92 Å². The summed E-state index contributed by atoms with van der Waals surface area (Å²) in [7, 11) is 1.53. The normalized spacial score (nSPS) is 19.7. The van der Waals surface area contributed by atoms with E-state index in [9.17, 15) is 10.1 Å². The number of hydrogen-bond donors (Lipinski definition) is 0. The van der Waals surface area contributed by atoms with E-state index in [0.717, 1.165) is 19.4 Å². The molecular weight excluding hydrogens is 308 g/mol. The van der Waals surface area contributed by atoms with Crippen LogP contribution in [0.4, 0.5) is 5.69 Å². The lowest BCUT2D eigenvalue weighted by molar-refractivity contribution is -0.385. The van der Waals surface area contributed by atoms with Crippen LogP contribution in [0.2, 0.25) is 0 Å². The molecule has 0 bridgehead atoms. The van der Waals surface area contributed by atoms with Crippen LogP contribution in [-0.4, -0.2) is 41.2 Å². The second-order valence-electron chi connectivity index (χ2n) is 7.57. The quantitative estimate of drug-likeness (QED) is 0.580. The SMILES string of the molecule is COc1ccc([N+](=O)[O-])cc1OCCN1C(C)(C)CCCC1(C)C. The van der Waals surface area contributed by atoms with Crippen molar-refractivity contribution in [2.45, 2.75) is 58.0 Å². The van der Waals surface area contributed by atoms with Crippen molar-refractivity contribution < 1.29 is 14.4 Å². The number of hydrogen-bond acceptors (Lipinski definition) is 5. The first-order valence-electron chi connectivity index (χ1n) is 8.40. The van der Waals surface area contributed by atoms with Crippen molar-refractivity contribution in [2.24, 2.45) is 0 Å². The molecule has 0 saturated carbocycles. The van der Waals surface area contributed by atoms with Gasteiger partial charge in [-0.05, 0) is 53.0 Å². The van der Waals surface area contributed by atoms with Crippen molar-refractivity contribution in [1.82, 2.24) is 4.90 Å². The average molecular weight is 336 g/mol. The Morgan fingerprint density at radius 3 is 2.33 bits per heavy atom. The molecule has 2 rings (SSSR count). The summed E-state index contributed by atoms with van der Waals surface area (Å²) in [6.07, 6.45) is 3.56. The summed E-state index contributed by atoms with van der Waals surface area (Å²) < 4.78 is 11.1. The van der Waals surface area contributed by atoms with Gasteiger partial charge in [0.2, 0.25) is 0 Å². The van der Waals surface area contributed by atoms with Crippen LogP contribution in [0.15, 0.2) is 18.2 Å². The summed E-state index contributed by atoms with van der Waals surface area (Å²) in [6, 6.07) is 4.41. The summed E-state index contributed by atoms with van der Waals surface area (Å²) in [5.74, 6) is 0.928. The minimum absolute atomic E-state index is 0.00410. The van der Waals surface area contributed by atoms with Gasteiger partial charge in [0, 0.05) is 23.7 Å². The lowest BCUT2D eigenvalue weighted by Crippen LogP contribution is -2.59. The van der Waals surface area contributed by atoms with E-state index in [2.05, 4.69) is 32.6 Å². The molecule has 1 aromatic carbocycles. The third kappa shape index (κ3) is 3.98. The number of non-ortho nitro benzene ring substituents is 1. The molecule has 1 heterocycles. The van der Waals surface area contributed by atoms with Crippen LogP contribution < -0.4 is 9.47 Å². The molecule has 0 atom stereocenters. The Balaban J connectivity index is 2.08. The molecule has 0 radical (unpaired) electrons. The second-order valence-corrected chi connectivity index (χ2v) is 7.57. The number of benzene rings is 1. The molecule has 0 aromatic heterocycles. The number of nitrogens with zero attached hydrogens (tertiary/aromatic N) is 2. The van der Waals surface area contributed by atoms with E-state index in [1.807, 2.05) is 0 Å². The zero-order valence-electron chi connectivity index (χ0n) is 15.3. The predicted molar refractivity (Wildman–Crippen MR) is 93.9 cm³/mol. The summed E-state index contributed by atoms with van der Waals surface area (Å²) >= 11 is 0. The molecule has 0 spiro atoms. The fourth-order valence-electron chi connectivity index (χ4n) is 3.79. The first-order chi connectivity index (χ1) is 11.2. The minimum atomic E-state index is -0.427. The number of nitro benzene ring substituents is 1. The van der Waals surface area contributed by atoms with Crippen molar-refractivity contribution >= 4 is 5.69 Å². The lowest BCUT2D eigenvalue weighted by Gasteiger charge is -2.53. The maximum atomic E-state index is 10.9. The number of ether oxygens (including phenoxy) is 2. The van der Waals surface area contributed by atoms with E-state index in [-0.39, 0.29) is 16.8 Å². The standard InChI is InChI=1S/C18H28N2O4/c1-17(2)9-6-10-18(3,4)19(17)11-12-24-16-13-14(20(21)22)7-8-15(16)23-5/h7-8,13H,6,9-12H2,1-5H3. The van der Waals surface area contributed by atoms with Crippen LogP contribution in [0.25, 0.3) is 0 Å². The molecule has 6 heteroatoms. The molecule has 0 unspecified atom stereocenters. The van der Waals surface area contributed by atoms with Crippen LogP contribution in [0, 0.1) is 10.1 Å². The first kappa shape index (κ1) is 18.5. The van der Waals surface area contributed by atoms with Crippen molar-refractivity contribution in [3.05, 3.63) is 28.3 Å². The third-order valence-corrected chi connectivity index (χ3v) is 4.97. The minimum Gasteiger partial charge on any atom is -0.493 e. The smallest absolute Gasteiger partial charge is 0.273 e. The molecule has 0 N–H and O–H groups in total. The maximum Gasteiger partial charge on any atom is 0.273 e. The van der Waals surface area contributed by atoms with E-state index >= 15 is 0 Å². The van der Waals surface area contributed by atoms with Gasteiger partial charge in [0.1, 0.15) is 6.61 Å². The van der Waals surface area contributed by atoms with E-state index in [1.54, 1.807) is 6.07 Å². The van der Waals surface area contributed by atoms with Crippen LogP contribution in [0.3, 0.4) is 0 Å². The van der Waals surface area contributed by atoms with Gasteiger partial charge in [0.25, 0.3) is 5.69 Å². The van der Waals surface area contributed by atoms with E-state index in [0.29, 0.717) is 18.1 Å². The number of rotatable bonds is 6. The van der Waals surface area contributed by atoms with Crippen molar-refractivity contribution in [2.75, 3.05) is 20.3 Å². The monoisotopic (exact) mass is 336 g/mol. The Morgan fingerprint density at radius 1 is 1.17 bits per heavy atom. The van der Waals surface area contributed by atoms with Crippen LogP contribution in [0.5, 0.6) is 11.5 Å². The van der Waals surface area contributed by atoms with Crippen molar-refractivity contribution in [3.8, 4) is 11.5 Å². The van der Waals surface area contributed by atoms with Gasteiger partial charge in [-0.1, -0.05) is 0 Å². The summed E-state index contributed by atoms with van der Waals surface area (Å²) in [4.78, 5) is 13.0. The summed E-state index contributed by atoms with van der Waals surface area (Å²) in [6.45, 7) is 10.3. The molecule has 0 aliphatic carbocycles. The number of nitro groups is 1. The fraction of sp³-hybridized carbons (Fsp3) is 0.667. The molecule has 0 amide bonds. The highest BCUT2D eigenvalue weighted by atomic mass is 16.6. The number of piperidine rings is 1. The van der Waals surface area contributed by atoms with Gasteiger partial charge in [0.05, 0.1) is 18.1 Å². The maximum absolute atomic E-state index is 10.9. The topological polar surface area (TPSA) is 64.8 Å². The Kier molecular flexibility index (Phi) is 5.38. The highest BCUT2D eigenvalue weighted by Crippen LogP contribution is 2.38. The Labute approximate surface area is 143 Å². The van der Waals surface area contributed by atoms with Crippen LogP contribution >= 0.6 is 0 Å². The molecule has 1 fully saturated rings. The lowest BCUT2D eigenvalue weighted by atomic mass is 9.80. The molecular formula is C18H28N2O4. The predicted octanol–water partition coefficient (Wildman–Crippen LogP) is 4.03. The first-order valence-corrected chi connectivity index (χ1v) is 8.40. The Morgan fingerprint density at radius 2 is 1.79 bits per heavy atom. The summed E-state index contributed by atoms with van der Waals surface area (Å²) in [5, 5.41) is 10.9. The molecule has 134 valence electrons. The van der Waals surface area contributed by atoms with Crippen LogP contribution in [0.1, 0.15) is 47.0 Å². The highest BCUT2D eigenvalue weighted by Gasteiger charge is 2.40. The zero-order valence-corrected chi connectivity index (χ0v) is 15.3. The van der Waals surface area contributed by atoms with Crippen LogP contribution in [-0.2, 0) is 0 Å². The van der Waals surface area contributed by atoms with E-state index in [4.69, 9.17) is 9.47 Å². The Hall–Kier alpha value is -1.82. The fourth-order valence-corrected chi connectivity index (χ4v) is 3.79. The highest BCUT2D eigenvalue weighted by molar-refractivity contribution is 5.48.